The van der Waals surface area contributed by atoms with Gasteiger partial charge in [-0.25, -0.2) is 24.9 Å². The van der Waals surface area contributed by atoms with Crippen molar-refractivity contribution < 1.29 is 0 Å². The van der Waals surface area contributed by atoms with E-state index in [2.05, 4.69) is 30.2 Å². The van der Waals surface area contributed by atoms with Gasteiger partial charge >= 0.3 is 0 Å². The number of nitrogens with zero attached hydrogens (tertiary/aromatic N) is 6. The predicted molar refractivity (Wildman–Crippen MR) is 101 cm³/mol. The molecule has 3 aromatic heterocycles. The van der Waals surface area contributed by atoms with Crippen molar-refractivity contribution in [3.8, 4) is 0 Å². The summed E-state index contributed by atoms with van der Waals surface area (Å²) >= 11 is 0. The average Bonchev–Trinajstić information content (AvgIpc) is 3.12. The van der Waals surface area contributed by atoms with Crippen LogP contribution in [0, 0.1) is 13.8 Å². The molecule has 0 aliphatic carbocycles. The summed E-state index contributed by atoms with van der Waals surface area (Å²) < 4.78 is 0. The van der Waals surface area contributed by atoms with Crippen LogP contribution in [-0.4, -0.2) is 38.0 Å². The third kappa shape index (κ3) is 3.61. The third-order valence-corrected chi connectivity index (χ3v) is 4.40. The Morgan fingerprint density at radius 3 is 2.62 bits per heavy atom. The highest BCUT2D eigenvalue weighted by Crippen LogP contribution is 2.28. The van der Waals surface area contributed by atoms with Gasteiger partial charge in [0.2, 0.25) is 5.95 Å². The zero-order valence-corrected chi connectivity index (χ0v) is 14.9. The smallest absolute Gasteiger partial charge is 0.225 e. The first-order valence-electron chi connectivity index (χ1n) is 8.75. The van der Waals surface area contributed by atoms with Crippen molar-refractivity contribution in [1.29, 1.82) is 0 Å². The Kier molecular flexibility index (Phi) is 4.43. The molecule has 3 aromatic rings. The van der Waals surface area contributed by atoms with Crippen LogP contribution in [-0.2, 0) is 0 Å². The van der Waals surface area contributed by atoms with E-state index < -0.39 is 0 Å². The van der Waals surface area contributed by atoms with Gasteiger partial charge in [-0.1, -0.05) is 6.07 Å². The van der Waals surface area contributed by atoms with E-state index in [-0.39, 0.29) is 5.92 Å². The maximum Gasteiger partial charge on any atom is 0.225 e. The van der Waals surface area contributed by atoms with Gasteiger partial charge in [0.15, 0.2) is 0 Å². The maximum atomic E-state index is 4.74. The molecule has 1 fully saturated rings. The fourth-order valence-electron chi connectivity index (χ4n) is 3.19. The zero-order chi connectivity index (χ0) is 17.9. The normalized spacial score (nSPS) is 16.7. The van der Waals surface area contributed by atoms with Crippen molar-refractivity contribution in [3.63, 3.8) is 0 Å². The second-order valence-corrected chi connectivity index (χ2v) is 6.52. The SMILES string of the molecule is Cc1cccc(Nc2cc(C)nc([C@H]3CCN(c4ncccn4)C3)n2)n1. The molecule has 1 saturated heterocycles. The number of hydrogen-bond acceptors (Lipinski definition) is 7. The molecule has 26 heavy (non-hydrogen) atoms. The highest BCUT2D eigenvalue weighted by atomic mass is 15.3. The summed E-state index contributed by atoms with van der Waals surface area (Å²) in [6, 6.07) is 9.67. The van der Waals surface area contributed by atoms with Gasteiger partial charge in [0.05, 0.1) is 0 Å². The molecule has 0 bridgehead atoms. The molecule has 0 aromatic carbocycles. The summed E-state index contributed by atoms with van der Waals surface area (Å²) in [5.41, 5.74) is 1.91. The average molecular weight is 347 g/mol. The van der Waals surface area contributed by atoms with Crippen LogP contribution in [0.3, 0.4) is 0 Å². The maximum absolute atomic E-state index is 4.74. The van der Waals surface area contributed by atoms with Crippen LogP contribution in [0.5, 0.6) is 0 Å². The van der Waals surface area contributed by atoms with Crippen LogP contribution in [0.4, 0.5) is 17.6 Å². The summed E-state index contributed by atoms with van der Waals surface area (Å²) in [4.78, 5) is 24.8. The highest BCUT2D eigenvalue weighted by molar-refractivity contribution is 5.52. The van der Waals surface area contributed by atoms with E-state index in [0.29, 0.717) is 0 Å². The minimum absolute atomic E-state index is 0.268. The second kappa shape index (κ2) is 7.03. The Balaban J connectivity index is 1.53. The molecule has 1 aliphatic rings. The first kappa shape index (κ1) is 16.4. The Morgan fingerprint density at radius 2 is 1.81 bits per heavy atom. The van der Waals surface area contributed by atoms with Gasteiger partial charge in [-0.15, -0.1) is 0 Å². The molecule has 132 valence electrons. The van der Waals surface area contributed by atoms with Crippen LogP contribution < -0.4 is 10.2 Å². The summed E-state index contributed by atoms with van der Waals surface area (Å²) in [6.07, 6.45) is 4.54. The van der Waals surface area contributed by atoms with E-state index in [1.165, 1.54) is 0 Å². The number of hydrogen-bond donors (Lipinski definition) is 1. The fourth-order valence-corrected chi connectivity index (χ4v) is 3.19. The molecule has 4 heterocycles. The van der Waals surface area contributed by atoms with E-state index in [4.69, 9.17) is 4.98 Å². The van der Waals surface area contributed by atoms with Gasteiger partial charge in [-0.3, -0.25) is 0 Å². The van der Waals surface area contributed by atoms with Crippen molar-refractivity contribution in [3.05, 3.63) is 59.9 Å². The number of rotatable bonds is 4. The van der Waals surface area contributed by atoms with E-state index in [9.17, 15) is 0 Å². The quantitative estimate of drug-likeness (QED) is 0.777. The van der Waals surface area contributed by atoms with Gasteiger partial charge in [0.1, 0.15) is 17.5 Å². The minimum Gasteiger partial charge on any atom is -0.340 e. The first-order valence-corrected chi connectivity index (χ1v) is 8.75. The van der Waals surface area contributed by atoms with Crippen LogP contribution in [0.15, 0.2) is 42.7 Å². The Hall–Kier alpha value is -3.09. The topological polar surface area (TPSA) is 79.7 Å². The molecule has 1 aliphatic heterocycles. The number of nitrogens with one attached hydrogen (secondary N) is 1. The second-order valence-electron chi connectivity index (χ2n) is 6.52. The summed E-state index contributed by atoms with van der Waals surface area (Å²) in [5, 5.41) is 3.29. The van der Waals surface area contributed by atoms with Crippen molar-refractivity contribution in [1.82, 2.24) is 24.9 Å². The Labute approximate surface area is 152 Å². The molecule has 0 amide bonds. The molecule has 7 nitrogen and oxygen atoms in total. The monoisotopic (exact) mass is 347 g/mol. The molecule has 7 heteroatoms. The summed E-state index contributed by atoms with van der Waals surface area (Å²) in [6.45, 7) is 5.71. The van der Waals surface area contributed by atoms with Gasteiger partial charge < -0.3 is 10.2 Å². The van der Waals surface area contributed by atoms with Crippen molar-refractivity contribution in [2.75, 3.05) is 23.3 Å². The highest BCUT2D eigenvalue weighted by Gasteiger charge is 2.28. The standard InChI is InChI=1S/C19H21N7/c1-13-5-3-6-16(22-13)24-17-11-14(2)23-18(25-17)15-7-10-26(12-15)19-20-8-4-9-21-19/h3-6,8-9,11,15H,7,10,12H2,1-2H3,(H,22,23,24,25)/t15-/m0/s1. The minimum atomic E-state index is 0.268. The zero-order valence-electron chi connectivity index (χ0n) is 14.9. The van der Waals surface area contributed by atoms with Crippen LogP contribution in [0.1, 0.15) is 29.6 Å². The van der Waals surface area contributed by atoms with E-state index >= 15 is 0 Å². The third-order valence-electron chi connectivity index (χ3n) is 4.40. The molecule has 0 spiro atoms. The Morgan fingerprint density at radius 1 is 0.962 bits per heavy atom. The van der Waals surface area contributed by atoms with Gasteiger partial charge in [0.25, 0.3) is 0 Å². The molecule has 1 atom stereocenters. The molecule has 0 radical (unpaired) electrons. The number of pyridine rings is 1. The lowest BCUT2D eigenvalue weighted by atomic mass is 10.1. The van der Waals surface area contributed by atoms with Crippen LogP contribution >= 0.6 is 0 Å². The number of aryl methyl sites for hydroxylation is 2. The molecule has 1 N–H and O–H groups in total. The van der Waals surface area contributed by atoms with Crippen molar-refractivity contribution >= 4 is 17.6 Å². The Bertz CT molecular complexity index is 897. The largest absolute Gasteiger partial charge is 0.340 e. The molecule has 4 rings (SSSR count). The summed E-state index contributed by atoms with van der Waals surface area (Å²) in [5.74, 6) is 3.47. The lowest BCUT2D eigenvalue weighted by molar-refractivity contribution is 0.704. The predicted octanol–water partition coefficient (Wildman–Crippen LogP) is 3.02. The van der Waals surface area contributed by atoms with Crippen molar-refractivity contribution in [2.45, 2.75) is 26.2 Å². The van der Waals surface area contributed by atoms with E-state index in [1.54, 1.807) is 12.4 Å². The molecule has 0 unspecified atom stereocenters. The van der Waals surface area contributed by atoms with Gasteiger partial charge in [0, 0.05) is 48.9 Å². The van der Waals surface area contributed by atoms with Gasteiger partial charge in [-0.05, 0) is 38.5 Å². The van der Waals surface area contributed by atoms with E-state index in [0.717, 1.165) is 54.3 Å². The van der Waals surface area contributed by atoms with Gasteiger partial charge in [-0.2, -0.15) is 0 Å². The fraction of sp³-hybridized carbons (Fsp3) is 0.316. The lowest BCUT2D eigenvalue weighted by Gasteiger charge is -2.16. The lowest BCUT2D eigenvalue weighted by Crippen LogP contribution is -2.22. The van der Waals surface area contributed by atoms with Crippen molar-refractivity contribution in [2.24, 2.45) is 0 Å². The number of aromatic nitrogens is 5. The summed E-state index contributed by atoms with van der Waals surface area (Å²) in [7, 11) is 0. The number of anilines is 3. The molecular weight excluding hydrogens is 326 g/mol. The van der Waals surface area contributed by atoms with E-state index in [1.807, 2.05) is 44.2 Å². The van der Waals surface area contributed by atoms with Crippen LogP contribution in [0.2, 0.25) is 0 Å². The molecular formula is C19H21N7. The first-order chi connectivity index (χ1) is 12.7. The molecule has 0 saturated carbocycles. The van der Waals surface area contributed by atoms with Crippen LogP contribution in [0.25, 0.3) is 0 Å².